The van der Waals surface area contributed by atoms with Crippen LogP contribution in [0, 0.1) is 12.7 Å². The lowest BCUT2D eigenvalue weighted by Crippen LogP contribution is -2.33. The second kappa shape index (κ2) is 7.47. The highest BCUT2D eigenvalue weighted by Crippen LogP contribution is 2.22. The monoisotopic (exact) mass is 381 g/mol. The van der Waals surface area contributed by atoms with E-state index in [-0.39, 0.29) is 16.8 Å². The van der Waals surface area contributed by atoms with E-state index in [1.807, 2.05) is 6.92 Å². The molecule has 8 heteroatoms. The average Bonchev–Trinajstić information content (AvgIpc) is 2.56. The zero-order valence-corrected chi connectivity index (χ0v) is 15.8. The summed E-state index contributed by atoms with van der Waals surface area (Å²) in [5.74, 6) is -0.304. The van der Waals surface area contributed by atoms with Crippen molar-refractivity contribution in [1.29, 1.82) is 0 Å². The van der Waals surface area contributed by atoms with E-state index >= 15 is 0 Å². The number of nitrogens with one attached hydrogen (secondary N) is 1. The first-order valence-corrected chi connectivity index (χ1v) is 9.48. The maximum atomic E-state index is 13.6. The first kappa shape index (κ1) is 19.3. The van der Waals surface area contributed by atoms with Crippen LogP contribution >= 0.6 is 12.2 Å². The molecule has 0 bridgehead atoms. The van der Waals surface area contributed by atoms with Gasteiger partial charge in [0.05, 0.1) is 10.9 Å². The summed E-state index contributed by atoms with van der Waals surface area (Å²) in [4.78, 5) is 1.86. The van der Waals surface area contributed by atoms with Crippen LogP contribution in [0.15, 0.2) is 47.4 Å². The summed E-state index contributed by atoms with van der Waals surface area (Å²) < 4.78 is 36.3. The zero-order valence-electron chi connectivity index (χ0n) is 14.2. The topological polar surface area (TPSA) is 75.4 Å². The Hall–Kier alpha value is -2.03. The van der Waals surface area contributed by atoms with Gasteiger partial charge in [-0.15, -0.1) is 0 Å². The van der Waals surface area contributed by atoms with Gasteiger partial charge in [-0.25, -0.2) is 17.9 Å². The molecule has 2 aromatic rings. The highest BCUT2D eigenvalue weighted by molar-refractivity contribution is 7.89. The molecular weight excluding hydrogens is 361 g/mol. The van der Waals surface area contributed by atoms with Crippen molar-refractivity contribution in [1.82, 2.24) is 4.90 Å². The molecule has 0 fully saturated rings. The molecule has 0 aromatic heterocycles. The van der Waals surface area contributed by atoms with E-state index in [0.717, 1.165) is 5.56 Å². The molecule has 25 heavy (non-hydrogen) atoms. The van der Waals surface area contributed by atoms with Crippen molar-refractivity contribution in [2.24, 2.45) is 5.14 Å². The van der Waals surface area contributed by atoms with E-state index in [1.165, 1.54) is 18.2 Å². The van der Waals surface area contributed by atoms with Gasteiger partial charge in [-0.3, -0.25) is 0 Å². The Kier molecular flexibility index (Phi) is 5.76. The molecule has 0 heterocycles. The van der Waals surface area contributed by atoms with E-state index in [0.29, 0.717) is 16.4 Å². The number of sulfonamides is 1. The Morgan fingerprint density at radius 2 is 1.84 bits per heavy atom. The van der Waals surface area contributed by atoms with E-state index in [9.17, 15) is 12.8 Å². The lowest BCUT2D eigenvalue weighted by Gasteiger charge is -2.28. The van der Waals surface area contributed by atoms with E-state index < -0.39 is 10.0 Å². The second-order valence-electron chi connectivity index (χ2n) is 5.80. The average molecular weight is 381 g/mol. The minimum Gasteiger partial charge on any atom is -0.345 e. The van der Waals surface area contributed by atoms with E-state index in [1.54, 1.807) is 43.1 Å². The molecule has 0 saturated carbocycles. The van der Waals surface area contributed by atoms with Crippen molar-refractivity contribution in [2.75, 3.05) is 12.4 Å². The second-order valence-corrected chi connectivity index (χ2v) is 7.74. The fourth-order valence-electron chi connectivity index (χ4n) is 2.22. The van der Waals surface area contributed by atoms with Gasteiger partial charge in [0.25, 0.3) is 0 Å². The van der Waals surface area contributed by atoms with E-state index in [4.69, 9.17) is 17.4 Å². The number of hydrogen-bond donors (Lipinski definition) is 2. The van der Waals surface area contributed by atoms with Crippen LogP contribution in [-0.4, -0.2) is 25.5 Å². The number of benzene rings is 2. The predicted molar refractivity (Wildman–Crippen MR) is 101 cm³/mol. The Labute approximate surface area is 152 Å². The fraction of sp³-hybridized carbons (Fsp3) is 0.235. The summed E-state index contributed by atoms with van der Waals surface area (Å²) in [7, 11) is -1.91. The number of thiocarbonyl (C=S) groups is 1. The summed E-state index contributed by atoms with van der Waals surface area (Å²) >= 11 is 5.37. The molecule has 0 amide bonds. The number of aryl methyl sites for hydroxylation is 1. The first-order valence-electron chi connectivity index (χ1n) is 7.52. The normalized spacial score (nSPS) is 12.5. The lowest BCUT2D eigenvalue weighted by atomic mass is 10.1. The largest absolute Gasteiger partial charge is 0.345 e. The third-order valence-corrected chi connectivity index (χ3v) is 5.33. The van der Waals surface area contributed by atoms with Crippen LogP contribution in [0.4, 0.5) is 10.1 Å². The van der Waals surface area contributed by atoms with Gasteiger partial charge in [0.15, 0.2) is 5.11 Å². The maximum absolute atomic E-state index is 13.6. The molecule has 3 N–H and O–H groups in total. The quantitative estimate of drug-likeness (QED) is 0.796. The van der Waals surface area contributed by atoms with Crippen LogP contribution in [-0.2, 0) is 10.0 Å². The molecule has 0 unspecified atom stereocenters. The van der Waals surface area contributed by atoms with Crippen molar-refractivity contribution in [2.45, 2.75) is 24.8 Å². The van der Waals surface area contributed by atoms with Crippen molar-refractivity contribution < 1.29 is 12.8 Å². The van der Waals surface area contributed by atoms with Crippen LogP contribution in [0.3, 0.4) is 0 Å². The van der Waals surface area contributed by atoms with Gasteiger partial charge in [-0.2, -0.15) is 0 Å². The third kappa shape index (κ3) is 4.75. The van der Waals surface area contributed by atoms with Gasteiger partial charge < -0.3 is 10.2 Å². The number of primary sulfonamides is 1. The Morgan fingerprint density at radius 3 is 2.36 bits per heavy atom. The molecule has 2 rings (SSSR count). The molecule has 134 valence electrons. The molecule has 0 radical (unpaired) electrons. The molecule has 5 nitrogen and oxygen atoms in total. The molecule has 0 saturated heterocycles. The van der Waals surface area contributed by atoms with Crippen molar-refractivity contribution >= 4 is 33.0 Å². The molecule has 0 spiro atoms. The van der Waals surface area contributed by atoms with Gasteiger partial charge in [-0.05, 0) is 61.5 Å². The highest BCUT2D eigenvalue weighted by Gasteiger charge is 2.16. The van der Waals surface area contributed by atoms with Gasteiger partial charge in [-0.1, -0.05) is 18.2 Å². The van der Waals surface area contributed by atoms with Gasteiger partial charge in [0.2, 0.25) is 10.0 Å². The van der Waals surface area contributed by atoms with Crippen LogP contribution in [0.5, 0.6) is 0 Å². The first-order chi connectivity index (χ1) is 11.6. The molecular formula is C17H20FN3O2S2. The number of rotatable bonds is 4. The maximum Gasteiger partial charge on any atom is 0.238 e. The molecule has 0 aliphatic carbocycles. The van der Waals surface area contributed by atoms with Gasteiger partial charge in [0.1, 0.15) is 5.82 Å². The SMILES string of the molecule is Cc1ccc(NC(=S)N(C)[C@@H](C)c2ccc(S(N)(=O)=O)cc2)cc1F. The minimum atomic E-state index is -3.72. The fourth-order valence-corrected chi connectivity index (χ4v) is 3.01. The summed E-state index contributed by atoms with van der Waals surface area (Å²) in [5, 5.41) is 8.52. The summed E-state index contributed by atoms with van der Waals surface area (Å²) in [6.45, 7) is 3.62. The van der Waals surface area contributed by atoms with E-state index in [2.05, 4.69) is 5.32 Å². The number of hydrogen-bond acceptors (Lipinski definition) is 3. The van der Waals surface area contributed by atoms with Crippen LogP contribution in [0.2, 0.25) is 0 Å². The van der Waals surface area contributed by atoms with Crippen molar-refractivity contribution in [3.05, 3.63) is 59.4 Å². The summed E-state index contributed by atoms with van der Waals surface area (Å²) in [6, 6.07) is 11.0. The predicted octanol–water partition coefficient (Wildman–Crippen LogP) is 3.17. The minimum absolute atomic E-state index is 0.0573. The number of nitrogens with zero attached hydrogens (tertiary/aromatic N) is 1. The molecule has 1 atom stereocenters. The Bertz CT molecular complexity index is 883. The van der Waals surface area contributed by atoms with Crippen LogP contribution in [0.25, 0.3) is 0 Å². The van der Waals surface area contributed by atoms with Crippen LogP contribution in [0.1, 0.15) is 24.1 Å². The molecule has 0 aliphatic heterocycles. The summed E-state index contributed by atoms with van der Waals surface area (Å²) in [6.07, 6.45) is 0. The lowest BCUT2D eigenvalue weighted by molar-refractivity contribution is 0.408. The molecule has 2 aromatic carbocycles. The van der Waals surface area contributed by atoms with Gasteiger partial charge >= 0.3 is 0 Å². The smallest absolute Gasteiger partial charge is 0.238 e. The summed E-state index contributed by atoms with van der Waals surface area (Å²) in [5.41, 5.74) is 2.00. The highest BCUT2D eigenvalue weighted by atomic mass is 32.2. The Balaban J connectivity index is 2.11. The third-order valence-electron chi connectivity index (χ3n) is 4.02. The van der Waals surface area contributed by atoms with Crippen LogP contribution < -0.4 is 10.5 Å². The number of halogens is 1. The molecule has 0 aliphatic rings. The standard InChI is InChI=1S/C17H20FN3O2S2/c1-11-4-7-14(10-16(11)18)20-17(24)21(3)12(2)13-5-8-15(9-6-13)25(19,22)23/h4-10,12H,1-3H3,(H,20,24)(H2,19,22,23)/t12-/m0/s1. The van der Waals surface area contributed by atoms with Crippen molar-refractivity contribution in [3.8, 4) is 0 Å². The number of nitrogens with two attached hydrogens (primary N) is 1. The van der Waals surface area contributed by atoms with Crippen molar-refractivity contribution in [3.63, 3.8) is 0 Å². The van der Waals surface area contributed by atoms with Gasteiger partial charge in [0, 0.05) is 12.7 Å². The Morgan fingerprint density at radius 1 is 1.24 bits per heavy atom. The number of anilines is 1. The zero-order chi connectivity index (χ0) is 18.8.